The third-order valence-corrected chi connectivity index (χ3v) is 7.65. The highest BCUT2D eigenvalue weighted by atomic mass is 35.5. The number of halogens is 1. The number of sulfonamides is 1. The maximum Gasteiger partial charge on any atom is 0.263 e. The van der Waals surface area contributed by atoms with E-state index in [0.717, 1.165) is 18.8 Å². The fourth-order valence-corrected chi connectivity index (χ4v) is 5.60. The van der Waals surface area contributed by atoms with Crippen LogP contribution in [0.4, 0.5) is 17.3 Å². The molecule has 3 aromatic carbocycles. The van der Waals surface area contributed by atoms with Gasteiger partial charge in [0.1, 0.15) is 0 Å². The summed E-state index contributed by atoms with van der Waals surface area (Å²) >= 11 is 6.17. The van der Waals surface area contributed by atoms with Crippen LogP contribution in [0.1, 0.15) is 5.56 Å². The molecule has 1 aliphatic rings. The molecule has 0 saturated carbocycles. The number of nitrogens with zero attached hydrogens (tertiary/aromatic N) is 4. The number of anilines is 3. The van der Waals surface area contributed by atoms with Crippen molar-refractivity contribution in [3.8, 4) is 0 Å². The molecule has 0 aliphatic carbocycles. The summed E-state index contributed by atoms with van der Waals surface area (Å²) in [6.45, 7) is 4.60. The Labute approximate surface area is 204 Å². The summed E-state index contributed by atoms with van der Waals surface area (Å²) in [6.07, 6.45) is 0. The van der Waals surface area contributed by atoms with Crippen molar-refractivity contribution in [2.24, 2.45) is 0 Å². The number of benzene rings is 3. The number of aromatic nitrogens is 2. The van der Waals surface area contributed by atoms with Crippen molar-refractivity contribution in [3.63, 3.8) is 0 Å². The van der Waals surface area contributed by atoms with Gasteiger partial charge in [-0.15, -0.1) is 0 Å². The van der Waals surface area contributed by atoms with Crippen LogP contribution in [0.5, 0.6) is 0 Å². The Balaban J connectivity index is 1.47. The summed E-state index contributed by atoms with van der Waals surface area (Å²) < 4.78 is 29.2. The molecule has 7 nitrogen and oxygen atoms in total. The molecule has 4 aromatic rings. The second kappa shape index (κ2) is 9.12. The largest absolute Gasteiger partial charge is 0.368 e. The highest BCUT2D eigenvalue weighted by Crippen LogP contribution is 2.30. The normalized spacial score (nSPS) is 14.4. The van der Waals surface area contributed by atoms with E-state index in [1.165, 1.54) is 0 Å². The van der Waals surface area contributed by atoms with Gasteiger partial charge < -0.3 is 9.80 Å². The van der Waals surface area contributed by atoms with E-state index in [1.54, 1.807) is 25.1 Å². The predicted molar refractivity (Wildman–Crippen MR) is 137 cm³/mol. The molecule has 1 N–H and O–H groups in total. The summed E-state index contributed by atoms with van der Waals surface area (Å²) in [5, 5.41) is 0.702. The van der Waals surface area contributed by atoms with E-state index >= 15 is 0 Å². The van der Waals surface area contributed by atoms with Gasteiger partial charge in [-0.1, -0.05) is 48.0 Å². The lowest BCUT2D eigenvalue weighted by Gasteiger charge is -2.37. The van der Waals surface area contributed by atoms with Gasteiger partial charge in [0, 0.05) is 36.9 Å². The average Bonchev–Trinajstić information content (AvgIpc) is 2.84. The Kier molecular flexibility index (Phi) is 6.02. The Hall–Kier alpha value is -3.36. The SMILES string of the molecule is Cc1ccccc1S(=O)(=O)Nc1nc2ccccc2nc1N1CCN(c2cccc(Cl)c2)CC1. The minimum atomic E-state index is -3.84. The highest BCUT2D eigenvalue weighted by molar-refractivity contribution is 7.92. The van der Waals surface area contributed by atoms with Crippen LogP contribution in [0.3, 0.4) is 0 Å². The number of piperazine rings is 1. The fourth-order valence-electron chi connectivity index (χ4n) is 4.17. The van der Waals surface area contributed by atoms with Gasteiger partial charge in [0.15, 0.2) is 11.6 Å². The average molecular weight is 494 g/mol. The fraction of sp³-hybridized carbons (Fsp3) is 0.200. The molecule has 0 unspecified atom stereocenters. The molecule has 0 atom stereocenters. The van der Waals surface area contributed by atoms with Gasteiger partial charge in [-0.3, -0.25) is 4.72 Å². The molecule has 1 fully saturated rings. The van der Waals surface area contributed by atoms with Crippen LogP contribution in [0.15, 0.2) is 77.7 Å². The summed E-state index contributed by atoms with van der Waals surface area (Å²) in [5.74, 6) is 0.764. The lowest BCUT2D eigenvalue weighted by molar-refractivity contribution is 0.600. The van der Waals surface area contributed by atoms with Crippen molar-refractivity contribution < 1.29 is 8.42 Å². The van der Waals surface area contributed by atoms with E-state index in [0.29, 0.717) is 40.5 Å². The molecule has 0 radical (unpaired) electrons. The molecule has 0 bridgehead atoms. The third-order valence-electron chi connectivity index (χ3n) is 5.92. The zero-order chi connectivity index (χ0) is 23.7. The first-order valence-electron chi connectivity index (χ1n) is 11.0. The molecule has 0 amide bonds. The standard InChI is InChI=1S/C25H24ClN5O2S/c1-18-7-2-5-12-23(18)34(32,33)29-24-25(28-22-11-4-3-10-21(22)27-24)31-15-13-30(14-16-31)20-9-6-8-19(26)17-20/h2-12,17H,13-16H2,1H3,(H,27,29). The molecule has 2 heterocycles. The van der Waals surface area contributed by atoms with E-state index in [1.807, 2.05) is 54.6 Å². The van der Waals surface area contributed by atoms with Gasteiger partial charge in [-0.05, 0) is 48.9 Å². The van der Waals surface area contributed by atoms with Gasteiger partial charge in [-0.25, -0.2) is 18.4 Å². The topological polar surface area (TPSA) is 78.4 Å². The summed E-state index contributed by atoms with van der Waals surface area (Å²) in [5.41, 5.74) is 3.08. The quantitative estimate of drug-likeness (QED) is 0.433. The van der Waals surface area contributed by atoms with Gasteiger partial charge in [0.25, 0.3) is 10.0 Å². The first-order chi connectivity index (χ1) is 16.4. The zero-order valence-corrected chi connectivity index (χ0v) is 20.2. The number of fused-ring (bicyclic) bond motifs is 1. The van der Waals surface area contributed by atoms with E-state index in [-0.39, 0.29) is 10.7 Å². The molecule has 0 spiro atoms. The Morgan fingerprint density at radius 1 is 0.824 bits per heavy atom. The van der Waals surface area contributed by atoms with Gasteiger partial charge in [-0.2, -0.15) is 0 Å². The molecule has 1 saturated heterocycles. The van der Waals surface area contributed by atoms with Crippen LogP contribution in [-0.2, 0) is 10.0 Å². The van der Waals surface area contributed by atoms with E-state index in [2.05, 4.69) is 19.5 Å². The van der Waals surface area contributed by atoms with Crippen LogP contribution in [0.25, 0.3) is 11.0 Å². The Morgan fingerprint density at radius 2 is 1.47 bits per heavy atom. The maximum atomic E-state index is 13.2. The second-order valence-electron chi connectivity index (χ2n) is 8.21. The lowest BCUT2D eigenvalue weighted by atomic mass is 10.2. The zero-order valence-electron chi connectivity index (χ0n) is 18.6. The first kappa shape index (κ1) is 22.4. The van der Waals surface area contributed by atoms with Gasteiger partial charge in [0.2, 0.25) is 0 Å². The minimum Gasteiger partial charge on any atom is -0.368 e. The van der Waals surface area contributed by atoms with E-state index in [4.69, 9.17) is 16.6 Å². The van der Waals surface area contributed by atoms with Crippen LogP contribution < -0.4 is 14.5 Å². The lowest BCUT2D eigenvalue weighted by Crippen LogP contribution is -2.47. The number of hydrogen-bond acceptors (Lipinski definition) is 6. The van der Waals surface area contributed by atoms with Crippen molar-refractivity contribution in [2.75, 3.05) is 40.7 Å². The number of para-hydroxylation sites is 2. The van der Waals surface area contributed by atoms with Crippen molar-refractivity contribution in [1.82, 2.24) is 9.97 Å². The Morgan fingerprint density at radius 3 is 2.18 bits per heavy atom. The first-order valence-corrected chi connectivity index (χ1v) is 12.9. The van der Waals surface area contributed by atoms with Crippen molar-refractivity contribution in [1.29, 1.82) is 0 Å². The number of aryl methyl sites for hydroxylation is 1. The number of nitrogens with one attached hydrogen (secondary N) is 1. The minimum absolute atomic E-state index is 0.224. The molecule has 9 heteroatoms. The molecular weight excluding hydrogens is 470 g/mol. The van der Waals surface area contributed by atoms with Crippen molar-refractivity contribution in [2.45, 2.75) is 11.8 Å². The molecular formula is C25H24ClN5O2S. The van der Waals surface area contributed by atoms with Crippen molar-refractivity contribution in [3.05, 3.63) is 83.4 Å². The van der Waals surface area contributed by atoms with Crippen LogP contribution in [0, 0.1) is 6.92 Å². The molecule has 174 valence electrons. The molecule has 5 rings (SSSR count). The Bertz CT molecular complexity index is 1450. The highest BCUT2D eigenvalue weighted by Gasteiger charge is 2.25. The summed E-state index contributed by atoms with van der Waals surface area (Å²) in [7, 11) is -3.84. The van der Waals surface area contributed by atoms with Crippen LogP contribution in [-0.4, -0.2) is 44.6 Å². The summed E-state index contributed by atoms with van der Waals surface area (Å²) in [6, 6.07) is 22.2. The number of hydrogen-bond donors (Lipinski definition) is 1. The van der Waals surface area contributed by atoms with Crippen LogP contribution in [0.2, 0.25) is 5.02 Å². The van der Waals surface area contributed by atoms with E-state index in [9.17, 15) is 8.42 Å². The molecule has 34 heavy (non-hydrogen) atoms. The molecule has 1 aliphatic heterocycles. The predicted octanol–water partition coefficient (Wildman–Crippen LogP) is 4.72. The second-order valence-corrected chi connectivity index (χ2v) is 10.3. The van der Waals surface area contributed by atoms with Crippen molar-refractivity contribution >= 4 is 50.0 Å². The smallest absolute Gasteiger partial charge is 0.263 e. The van der Waals surface area contributed by atoms with Crippen LogP contribution >= 0.6 is 11.6 Å². The number of rotatable bonds is 5. The third kappa shape index (κ3) is 4.51. The summed E-state index contributed by atoms with van der Waals surface area (Å²) in [4.78, 5) is 14.0. The van der Waals surface area contributed by atoms with Gasteiger partial charge in [0.05, 0.1) is 15.9 Å². The maximum absolute atomic E-state index is 13.2. The van der Waals surface area contributed by atoms with E-state index < -0.39 is 10.0 Å². The monoisotopic (exact) mass is 493 g/mol. The molecule has 1 aromatic heterocycles. The van der Waals surface area contributed by atoms with Gasteiger partial charge >= 0.3 is 0 Å².